The molecule has 0 amide bonds. The van der Waals surface area contributed by atoms with Crippen molar-refractivity contribution in [1.29, 1.82) is 0 Å². The Kier molecular flexibility index (Phi) is 3.94. The molecule has 0 unspecified atom stereocenters. The Bertz CT molecular complexity index is 787. The number of fused-ring (bicyclic) bond motifs is 1. The molecule has 0 radical (unpaired) electrons. The predicted molar refractivity (Wildman–Crippen MR) is 88.3 cm³/mol. The number of benzene rings is 1. The maximum absolute atomic E-state index is 6.20. The average Bonchev–Trinajstić information content (AvgIpc) is 2.92. The highest BCUT2D eigenvalue weighted by Crippen LogP contribution is 2.30. The first kappa shape index (κ1) is 14.1. The Balaban J connectivity index is 2.06. The summed E-state index contributed by atoms with van der Waals surface area (Å²) in [5, 5.41) is 6.91. The number of rotatable bonds is 4. The molecule has 0 spiro atoms. The molecule has 2 aromatic heterocycles. The van der Waals surface area contributed by atoms with Gasteiger partial charge in [-0.2, -0.15) is 9.97 Å². The monoisotopic (exact) mass is 366 g/mol. The molecule has 108 valence electrons. The van der Waals surface area contributed by atoms with E-state index in [9.17, 15) is 0 Å². The molecule has 0 fully saturated rings. The SMILES string of the molecule is CCNc1nc(Nc2cc(Br)ccc2Cl)c2[nH]cnc2n1. The standard InChI is InChI=1S/C13H12BrClN6/c1-2-16-13-20-11-10(17-6-18-11)12(21-13)19-9-5-7(14)3-4-8(9)15/h3-6H,2H2,1H3,(H3,16,17,18,19,20,21). The highest BCUT2D eigenvalue weighted by molar-refractivity contribution is 9.10. The second-order valence-electron chi connectivity index (χ2n) is 4.28. The summed E-state index contributed by atoms with van der Waals surface area (Å²) in [4.78, 5) is 16.0. The van der Waals surface area contributed by atoms with E-state index < -0.39 is 0 Å². The molecule has 2 heterocycles. The maximum Gasteiger partial charge on any atom is 0.226 e. The van der Waals surface area contributed by atoms with Crippen LogP contribution in [0.2, 0.25) is 5.02 Å². The van der Waals surface area contributed by atoms with Crippen LogP contribution in [0.3, 0.4) is 0 Å². The molecule has 21 heavy (non-hydrogen) atoms. The van der Waals surface area contributed by atoms with Crippen LogP contribution in [0, 0.1) is 0 Å². The van der Waals surface area contributed by atoms with Gasteiger partial charge in [-0.1, -0.05) is 27.5 Å². The first-order valence-corrected chi connectivity index (χ1v) is 7.51. The highest BCUT2D eigenvalue weighted by atomic mass is 79.9. The zero-order valence-corrected chi connectivity index (χ0v) is 13.5. The Morgan fingerprint density at radius 1 is 1.33 bits per heavy atom. The van der Waals surface area contributed by atoms with Crippen molar-refractivity contribution >= 4 is 56.1 Å². The minimum Gasteiger partial charge on any atom is -0.354 e. The lowest BCUT2D eigenvalue weighted by molar-refractivity contribution is 1.10. The lowest BCUT2D eigenvalue weighted by Gasteiger charge is -2.10. The van der Waals surface area contributed by atoms with Crippen LogP contribution in [0.15, 0.2) is 29.0 Å². The zero-order valence-electron chi connectivity index (χ0n) is 11.1. The molecule has 3 rings (SSSR count). The van der Waals surface area contributed by atoms with Crippen LogP contribution in [0.25, 0.3) is 11.2 Å². The van der Waals surface area contributed by atoms with E-state index in [1.165, 1.54) is 0 Å². The van der Waals surface area contributed by atoms with Crippen LogP contribution in [-0.4, -0.2) is 26.5 Å². The Morgan fingerprint density at radius 2 is 2.19 bits per heavy atom. The van der Waals surface area contributed by atoms with E-state index in [-0.39, 0.29) is 0 Å². The first-order valence-electron chi connectivity index (χ1n) is 6.34. The first-order chi connectivity index (χ1) is 10.2. The molecule has 0 aliphatic heterocycles. The van der Waals surface area contributed by atoms with Crippen molar-refractivity contribution in [2.24, 2.45) is 0 Å². The number of halogens is 2. The number of imidazole rings is 1. The molecular weight excluding hydrogens is 356 g/mol. The van der Waals surface area contributed by atoms with Gasteiger partial charge < -0.3 is 15.6 Å². The van der Waals surface area contributed by atoms with Crippen molar-refractivity contribution in [1.82, 2.24) is 19.9 Å². The number of aromatic amines is 1. The van der Waals surface area contributed by atoms with E-state index >= 15 is 0 Å². The number of anilines is 3. The Hall–Kier alpha value is -1.86. The van der Waals surface area contributed by atoms with Crippen molar-refractivity contribution < 1.29 is 0 Å². The fourth-order valence-electron chi connectivity index (χ4n) is 1.88. The van der Waals surface area contributed by atoms with Gasteiger partial charge in [0.2, 0.25) is 5.95 Å². The summed E-state index contributed by atoms with van der Waals surface area (Å²) in [5.41, 5.74) is 2.07. The number of aromatic nitrogens is 4. The predicted octanol–water partition coefficient (Wildman–Crippen LogP) is 3.94. The van der Waals surface area contributed by atoms with E-state index in [1.807, 2.05) is 25.1 Å². The van der Waals surface area contributed by atoms with Crippen LogP contribution >= 0.6 is 27.5 Å². The summed E-state index contributed by atoms with van der Waals surface area (Å²) in [7, 11) is 0. The Labute approximate surface area is 134 Å². The molecule has 3 aromatic rings. The fraction of sp³-hybridized carbons (Fsp3) is 0.154. The van der Waals surface area contributed by atoms with Gasteiger partial charge in [0.15, 0.2) is 11.5 Å². The minimum atomic E-state index is 0.519. The molecule has 6 nitrogen and oxygen atoms in total. The van der Waals surface area contributed by atoms with Crippen molar-refractivity contribution in [3.8, 4) is 0 Å². The summed E-state index contributed by atoms with van der Waals surface area (Å²) in [6.07, 6.45) is 1.59. The number of nitrogens with zero attached hydrogens (tertiary/aromatic N) is 3. The largest absolute Gasteiger partial charge is 0.354 e. The van der Waals surface area contributed by atoms with Crippen LogP contribution in [-0.2, 0) is 0 Å². The molecule has 0 bridgehead atoms. The van der Waals surface area contributed by atoms with Gasteiger partial charge in [0, 0.05) is 11.0 Å². The van der Waals surface area contributed by atoms with Gasteiger partial charge in [-0.3, -0.25) is 0 Å². The number of hydrogen-bond donors (Lipinski definition) is 3. The van der Waals surface area contributed by atoms with Crippen LogP contribution in [0.4, 0.5) is 17.5 Å². The summed E-state index contributed by atoms with van der Waals surface area (Å²) in [5.74, 6) is 1.14. The van der Waals surface area contributed by atoms with Gasteiger partial charge in [0.1, 0.15) is 5.52 Å². The molecule has 0 saturated carbocycles. The van der Waals surface area contributed by atoms with Gasteiger partial charge in [-0.15, -0.1) is 0 Å². The average molecular weight is 368 g/mol. The topological polar surface area (TPSA) is 78.5 Å². The molecular formula is C13H12BrClN6. The van der Waals surface area contributed by atoms with Crippen LogP contribution in [0.1, 0.15) is 6.92 Å². The third kappa shape index (κ3) is 2.93. The van der Waals surface area contributed by atoms with Crippen molar-refractivity contribution in [3.05, 3.63) is 34.0 Å². The van der Waals surface area contributed by atoms with Gasteiger partial charge >= 0.3 is 0 Å². The van der Waals surface area contributed by atoms with Crippen molar-refractivity contribution in [2.45, 2.75) is 6.92 Å². The maximum atomic E-state index is 6.20. The van der Waals surface area contributed by atoms with Crippen molar-refractivity contribution in [2.75, 3.05) is 17.2 Å². The minimum absolute atomic E-state index is 0.519. The van der Waals surface area contributed by atoms with Gasteiger partial charge in [0.05, 0.1) is 17.0 Å². The molecule has 8 heteroatoms. The van der Waals surface area contributed by atoms with E-state index in [0.29, 0.717) is 22.4 Å². The number of hydrogen-bond acceptors (Lipinski definition) is 5. The molecule has 0 aliphatic rings. The summed E-state index contributed by atoms with van der Waals surface area (Å²) < 4.78 is 0.927. The zero-order chi connectivity index (χ0) is 14.8. The van der Waals surface area contributed by atoms with E-state index in [1.54, 1.807) is 6.33 Å². The fourth-order valence-corrected chi connectivity index (χ4v) is 2.41. The smallest absolute Gasteiger partial charge is 0.226 e. The lowest BCUT2D eigenvalue weighted by atomic mass is 10.3. The normalized spacial score (nSPS) is 10.8. The van der Waals surface area contributed by atoms with E-state index in [2.05, 4.69) is 46.5 Å². The Morgan fingerprint density at radius 3 is 3.00 bits per heavy atom. The summed E-state index contributed by atoms with van der Waals surface area (Å²) in [6.45, 7) is 2.71. The van der Waals surface area contributed by atoms with Crippen molar-refractivity contribution in [3.63, 3.8) is 0 Å². The molecule has 3 N–H and O–H groups in total. The number of H-pyrrole nitrogens is 1. The lowest BCUT2D eigenvalue weighted by Crippen LogP contribution is -2.05. The van der Waals surface area contributed by atoms with Gasteiger partial charge in [-0.25, -0.2) is 4.98 Å². The van der Waals surface area contributed by atoms with Crippen LogP contribution < -0.4 is 10.6 Å². The molecule has 0 aliphatic carbocycles. The van der Waals surface area contributed by atoms with E-state index in [4.69, 9.17) is 11.6 Å². The van der Waals surface area contributed by atoms with E-state index in [0.717, 1.165) is 22.2 Å². The van der Waals surface area contributed by atoms with Gasteiger partial charge in [0.25, 0.3) is 0 Å². The second-order valence-corrected chi connectivity index (χ2v) is 5.60. The van der Waals surface area contributed by atoms with Gasteiger partial charge in [-0.05, 0) is 25.1 Å². The molecule has 0 saturated heterocycles. The molecule has 1 aromatic carbocycles. The highest BCUT2D eigenvalue weighted by Gasteiger charge is 2.11. The third-order valence-corrected chi connectivity index (χ3v) is 3.62. The summed E-state index contributed by atoms with van der Waals surface area (Å²) >= 11 is 9.63. The summed E-state index contributed by atoms with van der Waals surface area (Å²) in [6, 6.07) is 5.58. The number of nitrogens with one attached hydrogen (secondary N) is 3. The van der Waals surface area contributed by atoms with Crippen LogP contribution in [0.5, 0.6) is 0 Å². The third-order valence-electron chi connectivity index (χ3n) is 2.80. The second kappa shape index (κ2) is 5.87. The molecule has 0 atom stereocenters. The quantitative estimate of drug-likeness (QED) is 0.651.